The first-order chi connectivity index (χ1) is 14.9. The third kappa shape index (κ3) is 5.27. The van der Waals surface area contributed by atoms with E-state index >= 15 is 0 Å². The maximum atomic E-state index is 13.1. The van der Waals surface area contributed by atoms with Crippen LogP contribution in [0.15, 0.2) is 65.6 Å². The van der Waals surface area contributed by atoms with Gasteiger partial charge >= 0.3 is 0 Å². The molecule has 3 aromatic rings. The van der Waals surface area contributed by atoms with Crippen LogP contribution >= 0.6 is 0 Å². The summed E-state index contributed by atoms with van der Waals surface area (Å²) in [5.41, 5.74) is 4.67. The first kappa shape index (κ1) is 21.6. The van der Waals surface area contributed by atoms with Crippen LogP contribution in [0.25, 0.3) is 0 Å². The second kappa shape index (κ2) is 9.57. The van der Waals surface area contributed by atoms with Gasteiger partial charge in [-0.1, -0.05) is 12.1 Å². The van der Waals surface area contributed by atoms with Gasteiger partial charge in [0.2, 0.25) is 0 Å². The molecule has 160 valence electrons. The Balaban J connectivity index is 1.71. The molecular weight excluding hydrogens is 405 g/mol. The SMILES string of the molecule is COc1cc(OC)cc(C(=O)NNC(=O)c2cccn(Cc3ccc(F)cc3)c2=O)c1. The smallest absolute Gasteiger partial charge is 0.275 e. The van der Waals surface area contributed by atoms with E-state index in [-0.39, 0.29) is 23.5 Å². The van der Waals surface area contributed by atoms with Gasteiger partial charge in [0.15, 0.2) is 0 Å². The molecule has 0 aliphatic carbocycles. The number of carbonyl (C=O) groups excluding carboxylic acids is 2. The lowest BCUT2D eigenvalue weighted by Gasteiger charge is -2.11. The van der Waals surface area contributed by atoms with Crippen LogP contribution < -0.4 is 25.9 Å². The number of rotatable bonds is 6. The lowest BCUT2D eigenvalue weighted by molar-refractivity contribution is 0.0845. The molecule has 2 N–H and O–H groups in total. The molecule has 2 amide bonds. The molecule has 0 unspecified atom stereocenters. The zero-order chi connectivity index (χ0) is 22.4. The molecule has 1 heterocycles. The Hall–Kier alpha value is -4.14. The third-order valence-corrected chi connectivity index (χ3v) is 4.43. The Labute approximate surface area is 177 Å². The van der Waals surface area contributed by atoms with Gasteiger partial charge in [-0.15, -0.1) is 0 Å². The van der Waals surface area contributed by atoms with Gasteiger partial charge in [0.25, 0.3) is 17.4 Å². The number of ether oxygens (including phenoxy) is 2. The average Bonchev–Trinajstić information content (AvgIpc) is 2.79. The van der Waals surface area contributed by atoms with Crippen LogP contribution in [-0.4, -0.2) is 30.6 Å². The quantitative estimate of drug-likeness (QED) is 0.590. The molecule has 2 aromatic carbocycles. The first-order valence-electron chi connectivity index (χ1n) is 9.19. The first-order valence-corrected chi connectivity index (χ1v) is 9.19. The fraction of sp³-hybridized carbons (Fsp3) is 0.136. The van der Waals surface area contributed by atoms with Crippen LogP contribution in [0.2, 0.25) is 0 Å². The summed E-state index contributed by atoms with van der Waals surface area (Å²) >= 11 is 0. The normalized spacial score (nSPS) is 10.3. The zero-order valence-corrected chi connectivity index (χ0v) is 16.8. The van der Waals surface area contributed by atoms with E-state index in [1.165, 1.54) is 61.4 Å². The summed E-state index contributed by atoms with van der Waals surface area (Å²) in [6, 6.07) is 13.1. The van der Waals surface area contributed by atoms with Crippen molar-refractivity contribution in [3.63, 3.8) is 0 Å². The zero-order valence-electron chi connectivity index (χ0n) is 16.8. The fourth-order valence-electron chi connectivity index (χ4n) is 2.81. The minimum atomic E-state index is -0.776. The molecule has 0 spiro atoms. The molecule has 3 rings (SSSR count). The van der Waals surface area contributed by atoms with E-state index in [0.717, 1.165) is 0 Å². The molecule has 1 aromatic heterocycles. The van der Waals surface area contributed by atoms with Crippen LogP contribution in [0.5, 0.6) is 11.5 Å². The van der Waals surface area contributed by atoms with E-state index in [0.29, 0.717) is 17.1 Å². The molecular formula is C22H20FN3O5. The van der Waals surface area contributed by atoms with Crippen molar-refractivity contribution in [2.75, 3.05) is 14.2 Å². The number of methoxy groups -OCH3 is 2. The van der Waals surface area contributed by atoms with Gasteiger partial charge < -0.3 is 14.0 Å². The minimum absolute atomic E-state index is 0.159. The van der Waals surface area contributed by atoms with Gasteiger partial charge in [0.05, 0.1) is 20.8 Å². The van der Waals surface area contributed by atoms with Crippen molar-refractivity contribution in [1.29, 1.82) is 0 Å². The summed E-state index contributed by atoms with van der Waals surface area (Å²) < 4.78 is 24.6. The van der Waals surface area contributed by atoms with Crippen molar-refractivity contribution in [2.24, 2.45) is 0 Å². The Bertz CT molecular complexity index is 1140. The highest BCUT2D eigenvalue weighted by Gasteiger charge is 2.15. The van der Waals surface area contributed by atoms with Crippen molar-refractivity contribution in [3.8, 4) is 11.5 Å². The van der Waals surface area contributed by atoms with E-state index in [9.17, 15) is 18.8 Å². The van der Waals surface area contributed by atoms with Crippen molar-refractivity contribution in [1.82, 2.24) is 15.4 Å². The average molecular weight is 425 g/mol. The summed E-state index contributed by atoms with van der Waals surface area (Å²) in [4.78, 5) is 37.5. The van der Waals surface area contributed by atoms with Crippen molar-refractivity contribution in [2.45, 2.75) is 6.54 Å². The molecule has 0 aliphatic rings. The van der Waals surface area contributed by atoms with Gasteiger partial charge in [0.1, 0.15) is 22.9 Å². The number of aromatic nitrogens is 1. The molecule has 0 saturated heterocycles. The highest BCUT2D eigenvalue weighted by atomic mass is 19.1. The van der Waals surface area contributed by atoms with Gasteiger partial charge in [-0.3, -0.25) is 25.2 Å². The number of carbonyl (C=O) groups is 2. The largest absolute Gasteiger partial charge is 0.497 e. The Morgan fingerprint density at radius 2 is 1.55 bits per heavy atom. The van der Waals surface area contributed by atoms with Crippen molar-refractivity contribution in [3.05, 3.63) is 93.7 Å². The van der Waals surface area contributed by atoms with Gasteiger partial charge in [-0.2, -0.15) is 0 Å². The van der Waals surface area contributed by atoms with E-state index in [4.69, 9.17) is 9.47 Å². The van der Waals surface area contributed by atoms with Crippen LogP contribution in [0, 0.1) is 5.82 Å². The number of amides is 2. The summed E-state index contributed by atoms with van der Waals surface area (Å²) in [7, 11) is 2.90. The molecule has 0 fully saturated rings. The minimum Gasteiger partial charge on any atom is -0.497 e. The molecule has 0 bridgehead atoms. The van der Waals surface area contributed by atoms with Gasteiger partial charge in [-0.25, -0.2) is 4.39 Å². The summed E-state index contributed by atoms with van der Waals surface area (Å²) in [5, 5.41) is 0. The Kier molecular flexibility index (Phi) is 6.66. The number of hydrogen-bond acceptors (Lipinski definition) is 5. The molecule has 8 nitrogen and oxygen atoms in total. The highest BCUT2D eigenvalue weighted by Crippen LogP contribution is 2.22. The second-order valence-electron chi connectivity index (χ2n) is 6.49. The number of halogens is 1. The van der Waals surface area contributed by atoms with Gasteiger partial charge in [0, 0.05) is 17.8 Å². The van der Waals surface area contributed by atoms with E-state index in [2.05, 4.69) is 10.9 Å². The number of nitrogens with zero attached hydrogens (tertiary/aromatic N) is 1. The lowest BCUT2D eigenvalue weighted by Crippen LogP contribution is -2.44. The van der Waals surface area contributed by atoms with E-state index in [1.54, 1.807) is 18.2 Å². The number of benzene rings is 2. The van der Waals surface area contributed by atoms with E-state index in [1.807, 2.05) is 0 Å². The van der Waals surface area contributed by atoms with Crippen molar-refractivity contribution >= 4 is 11.8 Å². The maximum Gasteiger partial charge on any atom is 0.275 e. The highest BCUT2D eigenvalue weighted by molar-refractivity contribution is 5.99. The second-order valence-corrected chi connectivity index (χ2v) is 6.49. The Morgan fingerprint density at radius 1 is 0.935 bits per heavy atom. The van der Waals surface area contributed by atoms with Crippen LogP contribution in [0.4, 0.5) is 4.39 Å². The molecule has 0 radical (unpaired) electrons. The molecule has 0 aliphatic heterocycles. The summed E-state index contributed by atoms with van der Waals surface area (Å²) in [6.45, 7) is 0.163. The predicted molar refractivity (Wildman–Crippen MR) is 111 cm³/mol. The predicted octanol–water partition coefficient (Wildman–Crippen LogP) is 2.13. The standard InChI is InChI=1S/C22H20FN3O5/c1-30-17-10-15(11-18(12-17)31-2)20(27)24-25-21(28)19-4-3-9-26(22(19)29)13-14-5-7-16(23)8-6-14/h3-12H,13H2,1-2H3,(H,24,27)(H,25,28). The van der Waals surface area contributed by atoms with Crippen LogP contribution in [-0.2, 0) is 6.54 Å². The number of hydrazine groups is 1. The molecule has 31 heavy (non-hydrogen) atoms. The lowest BCUT2D eigenvalue weighted by atomic mass is 10.2. The monoisotopic (exact) mass is 425 g/mol. The molecule has 9 heteroatoms. The molecule has 0 saturated carbocycles. The van der Waals surface area contributed by atoms with Crippen molar-refractivity contribution < 1.29 is 23.5 Å². The van der Waals surface area contributed by atoms with E-state index < -0.39 is 17.4 Å². The number of nitrogens with one attached hydrogen (secondary N) is 2. The topological polar surface area (TPSA) is 98.7 Å². The summed E-state index contributed by atoms with van der Waals surface area (Å²) in [5.74, 6) is -0.964. The number of pyridine rings is 1. The maximum absolute atomic E-state index is 13.1. The van der Waals surface area contributed by atoms with Gasteiger partial charge in [-0.05, 0) is 42.0 Å². The van der Waals surface area contributed by atoms with Crippen LogP contribution in [0.1, 0.15) is 26.3 Å². The third-order valence-electron chi connectivity index (χ3n) is 4.43. The fourth-order valence-corrected chi connectivity index (χ4v) is 2.81. The van der Waals surface area contributed by atoms with Crippen LogP contribution in [0.3, 0.4) is 0 Å². The molecule has 0 atom stereocenters. The Morgan fingerprint density at radius 3 is 2.16 bits per heavy atom. The number of hydrogen-bond donors (Lipinski definition) is 2. The summed E-state index contributed by atoms with van der Waals surface area (Å²) in [6.07, 6.45) is 1.52.